The van der Waals surface area contributed by atoms with E-state index in [0.717, 1.165) is 6.07 Å². The Labute approximate surface area is 126 Å². The van der Waals surface area contributed by atoms with Gasteiger partial charge in [-0.1, -0.05) is 13.5 Å². The molecule has 0 saturated carbocycles. The lowest BCUT2D eigenvalue weighted by Crippen LogP contribution is -2.30. The summed E-state index contributed by atoms with van der Waals surface area (Å²) in [5, 5.41) is 0. The number of halogens is 4. The monoisotopic (exact) mass is 359 g/mol. The Morgan fingerprint density at radius 1 is 1.35 bits per heavy atom. The van der Waals surface area contributed by atoms with Crippen molar-refractivity contribution in [1.82, 2.24) is 4.57 Å². The van der Waals surface area contributed by atoms with Gasteiger partial charge >= 0.3 is 21.6 Å². The van der Waals surface area contributed by atoms with E-state index < -0.39 is 38.6 Å². The van der Waals surface area contributed by atoms with Crippen LogP contribution in [0.4, 0.5) is 17.7 Å². The number of aromatic nitrogens is 1. The molecule has 0 aromatic carbocycles. The molecular weight excluding hydrogens is 350 g/mol. The second-order valence-electron chi connectivity index (χ2n) is 4.00. The predicted molar refractivity (Wildman–Crippen MR) is 68.2 cm³/mol. The van der Waals surface area contributed by atoms with Gasteiger partial charge < -0.3 is 4.18 Å². The van der Waals surface area contributed by atoms with Gasteiger partial charge in [0.1, 0.15) is 11.4 Å². The number of hydrogen-bond donors (Lipinski definition) is 0. The zero-order valence-corrected chi connectivity index (χ0v) is 12.2. The van der Waals surface area contributed by atoms with E-state index in [0.29, 0.717) is 10.6 Å². The lowest BCUT2D eigenvalue weighted by Gasteiger charge is -2.14. The van der Waals surface area contributed by atoms with Crippen molar-refractivity contribution in [3.05, 3.63) is 34.8 Å². The zero-order valence-electron chi connectivity index (χ0n) is 11.4. The maximum atomic E-state index is 12.2. The molecule has 0 fully saturated rings. The van der Waals surface area contributed by atoms with E-state index >= 15 is 0 Å². The number of rotatable bonds is 5. The minimum Gasteiger partial charge on any atom is -0.376 e. The number of alkyl halides is 3. The van der Waals surface area contributed by atoms with Crippen LogP contribution in [0.25, 0.3) is 5.70 Å². The molecule has 0 saturated heterocycles. The summed E-state index contributed by atoms with van der Waals surface area (Å²) in [5.74, 6) is -2.51. The Hall–Kier alpha value is -2.37. The average Bonchev–Trinajstić information content (AvgIpc) is 2.43. The molecule has 0 aliphatic carbocycles. The Morgan fingerprint density at radius 3 is 2.35 bits per heavy atom. The zero-order chi connectivity index (χ0) is 18.0. The summed E-state index contributed by atoms with van der Waals surface area (Å²) >= 11 is 0. The van der Waals surface area contributed by atoms with Gasteiger partial charge in [0.05, 0.1) is 0 Å². The summed E-state index contributed by atoms with van der Waals surface area (Å²) in [6.07, 6.45) is -0.0446. The fourth-order valence-electron chi connectivity index (χ4n) is 1.52. The molecule has 0 atom stereocenters. The molecule has 7 nitrogen and oxygen atoms in total. The van der Waals surface area contributed by atoms with Gasteiger partial charge in [-0.3, -0.25) is 9.36 Å². The van der Waals surface area contributed by atoms with Crippen molar-refractivity contribution in [1.29, 1.82) is 0 Å². The van der Waals surface area contributed by atoms with Crippen molar-refractivity contribution in [2.75, 3.05) is 0 Å². The van der Waals surface area contributed by atoms with E-state index in [1.165, 1.54) is 6.92 Å². The molecule has 0 unspecified atom stereocenters. The average molecular weight is 359 g/mol. The highest BCUT2D eigenvalue weighted by atomic mass is 32.2. The highest BCUT2D eigenvalue weighted by Crippen LogP contribution is 2.27. The quantitative estimate of drug-likeness (QED) is 0.343. The molecule has 0 spiro atoms. The Bertz CT molecular complexity index is 796. The molecule has 12 heteroatoms. The van der Waals surface area contributed by atoms with E-state index in [4.69, 9.17) is 0 Å². The van der Waals surface area contributed by atoms with Crippen molar-refractivity contribution in [2.24, 2.45) is 0 Å². The molecule has 0 aliphatic rings. The van der Waals surface area contributed by atoms with Crippen LogP contribution in [0, 0.1) is 0 Å². The van der Waals surface area contributed by atoms with Gasteiger partial charge in [0, 0.05) is 22.4 Å². The molecule has 1 heterocycles. The summed E-state index contributed by atoms with van der Waals surface area (Å²) in [7, 11) is -5.97. The molecular formula is C11H9F4NO6S. The Kier molecular flexibility index (Phi) is 5.20. The molecule has 1 aromatic rings. The molecule has 23 heavy (non-hydrogen) atoms. The third-order valence-electron chi connectivity index (χ3n) is 2.51. The number of carbonyl (C=O) groups excluding carboxylic acids is 1. The van der Waals surface area contributed by atoms with E-state index in [9.17, 15) is 35.7 Å². The number of pyridine rings is 1. The Balaban J connectivity index is 3.39. The highest BCUT2D eigenvalue weighted by molar-refractivity contribution is 7.88. The lowest BCUT2D eigenvalue weighted by molar-refractivity contribution is -0.175. The predicted octanol–water partition coefficient (Wildman–Crippen LogP) is 1.54. The first-order valence-electron chi connectivity index (χ1n) is 5.73. The van der Waals surface area contributed by atoms with Crippen LogP contribution < -0.4 is 9.74 Å². The summed E-state index contributed by atoms with van der Waals surface area (Å²) < 4.78 is 74.8. The van der Waals surface area contributed by atoms with Gasteiger partial charge in [-0.15, -0.1) is 0 Å². The van der Waals surface area contributed by atoms with Crippen LogP contribution in [-0.2, 0) is 26.3 Å². The van der Waals surface area contributed by atoms with Crippen molar-refractivity contribution in [3.63, 3.8) is 0 Å². The molecule has 0 bridgehead atoms. The summed E-state index contributed by atoms with van der Waals surface area (Å²) in [4.78, 5) is 25.8. The smallest absolute Gasteiger partial charge is 0.376 e. The van der Waals surface area contributed by atoms with Crippen LogP contribution in [-0.4, -0.2) is 24.5 Å². The van der Waals surface area contributed by atoms with Crippen LogP contribution in [0.3, 0.4) is 0 Å². The first-order valence-corrected chi connectivity index (χ1v) is 7.14. The largest absolute Gasteiger partial charge is 0.534 e. The maximum Gasteiger partial charge on any atom is 0.534 e. The molecule has 0 N–H and O–H groups in total. The number of carbonyl (C=O) groups is 1. The number of hydrogen-bond acceptors (Lipinski definition) is 6. The Morgan fingerprint density at radius 2 is 1.91 bits per heavy atom. The van der Waals surface area contributed by atoms with E-state index in [1.54, 1.807) is 0 Å². The topological polar surface area (TPSA) is 91.7 Å². The van der Waals surface area contributed by atoms with E-state index in [2.05, 4.69) is 15.7 Å². The van der Waals surface area contributed by atoms with Crippen LogP contribution in [0.15, 0.2) is 23.5 Å². The van der Waals surface area contributed by atoms with Gasteiger partial charge in [0.15, 0.2) is 0 Å². The van der Waals surface area contributed by atoms with Crippen molar-refractivity contribution in [3.8, 4) is 5.75 Å². The molecule has 0 aliphatic heterocycles. The van der Waals surface area contributed by atoms with Crippen molar-refractivity contribution >= 4 is 21.8 Å². The number of aryl methyl sites for hydroxylation is 1. The second-order valence-corrected chi connectivity index (χ2v) is 5.54. The van der Waals surface area contributed by atoms with Crippen LogP contribution >= 0.6 is 0 Å². The van der Waals surface area contributed by atoms with Crippen molar-refractivity contribution in [2.45, 2.75) is 18.9 Å². The van der Waals surface area contributed by atoms with Gasteiger partial charge in [-0.05, 0) is 6.42 Å². The van der Waals surface area contributed by atoms with E-state index in [1.807, 2.05) is 0 Å². The first-order chi connectivity index (χ1) is 10.4. The highest BCUT2D eigenvalue weighted by Gasteiger charge is 2.48. The third-order valence-corrected chi connectivity index (χ3v) is 3.49. The van der Waals surface area contributed by atoms with Crippen molar-refractivity contribution < 1.29 is 40.0 Å². The van der Waals surface area contributed by atoms with Crippen LogP contribution in [0.2, 0.25) is 0 Å². The molecule has 0 amide bonds. The minimum absolute atomic E-state index is 0.0446. The lowest BCUT2D eigenvalue weighted by atomic mass is 10.2. The molecule has 0 radical (unpaired) electrons. The first kappa shape index (κ1) is 18.7. The molecule has 128 valence electrons. The van der Waals surface area contributed by atoms with Gasteiger partial charge in [-0.2, -0.15) is 21.6 Å². The summed E-state index contributed by atoms with van der Waals surface area (Å²) in [6.45, 7) is 4.55. The fourth-order valence-corrected chi connectivity index (χ4v) is 1.97. The second kappa shape index (κ2) is 6.40. The van der Waals surface area contributed by atoms with Gasteiger partial charge in [-0.25, -0.2) is 9.74 Å². The standard InChI is InChI=1S/C11H9F4NO6S/c1-3-7-4-8(22-23(19,20)11(12,13)14)5-9(17)16(7)6(2)10(18)21-15/h4-5H,2-3H2,1H3. The fraction of sp³-hybridized carbons (Fsp3) is 0.273. The SMILES string of the molecule is C=C(C(=O)OF)n1c(CC)cc(OS(=O)(=O)C(F)(F)F)cc1=O. The molecule has 1 rings (SSSR count). The summed E-state index contributed by atoms with van der Waals surface area (Å²) in [6, 6.07) is 1.14. The third kappa shape index (κ3) is 3.88. The minimum atomic E-state index is -5.97. The van der Waals surface area contributed by atoms with Gasteiger partial charge in [0.25, 0.3) is 5.56 Å². The maximum absolute atomic E-state index is 12.2. The van der Waals surface area contributed by atoms with Crippen LogP contribution in [0.5, 0.6) is 5.75 Å². The van der Waals surface area contributed by atoms with E-state index in [-0.39, 0.29) is 12.1 Å². The summed E-state index contributed by atoms with van der Waals surface area (Å²) in [5.41, 5.74) is -7.75. The normalized spacial score (nSPS) is 11.9. The van der Waals surface area contributed by atoms with Gasteiger partial charge in [0.2, 0.25) is 0 Å². The van der Waals surface area contributed by atoms with Crippen LogP contribution in [0.1, 0.15) is 12.6 Å². The number of nitrogens with zero attached hydrogens (tertiary/aromatic N) is 1. The molecule has 1 aromatic heterocycles.